The first-order chi connectivity index (χ1) is 22.0. The summed E-state index contributed by atoms with van der Waals surface area (Å²) in [6.45, 7) is 8.96. The number of aliphatic hydroxyl groups excluding tert-OH is 1. The van der Waals surface area contributed by atoms with Crippen LogP contribution in [0.1, 0.15) is 48.9 Å². The Hall–Kier alpha value is -3.32. The molecule has 3 aliphatic rings. The van der Waals surface area contributed by atoms with E-state index in [0.29, 0.717) is 18.9 Å². The number of hydrogen-bond donors (Lipinski definition) is 3. The van der Waals surface area contributed by atoms with Crippen LogP contribution in [-0.4, -0.2) is 89.4 Å². The van der Waals surface area contributed by atoms with E-state index >= 15 is 0 Å². The summed E-state index contributed by atoms with van der Waals surface area (Å²) in [6.07, 6.45) is -1.56. The maximum Gasteiger partial charge on any atom is 0.407 e. The van der Waals surface area contributed by atoms with Crippen LogP contribution in [-0.2, 0) is 36.8 Å². The molecule has 12 heteroatoms. The second kappa shape index (κ2) is 14.6. The Bertz CT molecular complexity index is 1400. The van der Waals surface area contributed by atoms with Crippen molar-refractivity contribution in [1.82, 2.24) is 15.5 Å². The number of carbonyl (C=O) groups is 3. The van der Waals surface area contributed by atoms with Gasteiger partial charge in [0.05, 0.1) is 25.6 Å². The fourth-order valence-electron chi connectivity index (χ4n) is 6.52. The van der Waals surface area contributed by atoms with Crippen LogP contribution >= 0.6 is 11.8 Å². The third kappa shape index (κ3) is 7.62. The molecule has 0 saturated carbocycles. The van der Waals surface area contributed by atoms with Crippen molar-refractivity contribution in [2.45, 2.75) is 88.8 Å². The summed E-state index contributed by atoms with van der Waals surface area (Å²) in [7, 11) is 1.55. The zero-order valence-electron chi connectivity index (χ0n) is 27.1. The van der Waals surface area contributed by atoms with E-state index in [1.54, 1.807) is 25.3 Å². The molecule has 3 fully saturated rings. The molecule has 3 amide bonds. The number of alkyl carbamates (subject to hydrolysis) is 1. The number of hydrogen-bond acceptors (Lipinski definition) is 9. The third-order valence-electron chi connectivity index (χ3n) is 9.16. The Morgan fingerprint density at radius 1 is 1.13 bits per heavy atom. The first-order valence-corrected chi connectivity index (χ1v) is 16.8. The van der Waals surface area contributed by atoms with Crippen LogP contribution in [0.25, 0.3) is 0 Å². The highest BCUT2D eigenvalue weighted by Gasteiger charge is 2.50. The molecule has 5 rings (SSSR count). The number of methoxy groups -OCH3 is 1. The van der Waals surface area contributed by atoms with Crippen molar-refractivity contribution in [3.63, 3.8) is 0 Å². The van der Waals surface area contributed by atoms with E-state index in [0.717, 1.165) is 35.1 Å². The molecule has 0 aromatic heterocycles. The summed E-state index contributed by atoms with van der Waals surface area (Å²) in [5.41, 5.74) is 3.90. The SMILES string of the molecule is COc1cccc(C[C@H](NC(=O)O[C@H]2CO[C@H]3OCCC[C@H]32)[C@H](O)C(=O)N2CSC(C)(C)[C@H]2C(=O)NCc2c(C)cccc2C)c1. The van der Waals surface area contributed by atoms with Gasteiger partial charge >= 0.3 is 6.09 Å². The summed E-state index contributed by atoms with van der Waals surface area (Å²) in [5, 5.41) is 17.4. The van der Waals surface area contributed by atoms with Crippen molar-refractivity contribution in [3.8, 4) is 5.75 Å². The lowest BCUT2D eigenvalue weighted by Crippen LogP contribution is -2.58. The zero-order chi connectivity index (χ0) is 33.0. The number of amides is 3. The molecule has 3 saturated heterocycles. The van der Waals surface area contributed by atoms with Gasteiger partial charge in [0.1, 0.15) is 17.9 Å². The van der Waals surface area contributed by atoms with Crippen LogP contribution in [0.15, 0.2) is 42.5 Å². The molecule has 46 heavy (non-hydrogen) atoms. The highest BCUT2D eigenvalue weighted by Crippen LogP contribution is 2.40. The van der Waals surface area contributed by atoms with Gasteiger partial charge in [0.2, 0.25) is 5.91 Å². The topological polar surface area (TPSA) is 136 Å². The fourth-order valence-corrected chi connectivity index (χ4v) is 7.66. The number of aryl methyl sites for hydroxylation is 2. The Balaban J connectivity index is 1.32. The Labute approximate surface area is 274 Å². The van der Waals surface area contributed by atoms with Gasteiger partial charge in [0.15, 0.2) is 12.4 Å². The molecule has 6 atom stereocenters. The molecular weight excluding hydrogens is 610 g/mol. The molecule has 3 aliphatic heterocycles. The van der Waals surface area contributed by atoms with Gasteiger partial charge in [-0.15, -0.1) is 11.8 Å². The maximum absolute atomic E-state index is 14.0. The predicted molar refractivity (Wildman–Crippen MR) is 173 cm³/mol. The average Bonchev–Trinajstić information content (AvgIpc) is 3.59. The van der Waals surface area contributed by atoms with Gasteiger partial charge in [-0.1, -0.05) is 30.3 Å². The minimum atomic E-state index is -1.66. The zero-order valence-corrected chi connectivity index (χ0v) is 27.9. The van der Waals surface area contributed by atoms with Gasteiger partial charge in [0.25, 0.3) is 5.91 Å². The molecule has 0 spiro atoms. The largest absolute Gasteiger partial charge is 0.497 e. The van der Waals surface area contributed by atoms with Crippen molar-refractivity contribution >= 4 is 29.7 Å². The van der Waals surface area contributed by atoms with E-state index in [2.05, 4.69) is 10.6 Å². The van der Waals surface area contributed by atoms with E-state index in [1.165, 1.54) is 16.7 Å². The van der Waals surface area contributed by atoms with Gasteiger partial charge in [-0.2, -0.15) is 0 Å². The number of aliphatic hydroxyl groups is 1. The lowest BCUT2D eigenvalue weighted by atomic mass is 9.96. The van der Waals surface area contributed by atoms with Crippen LogP contribution in [0.4, 0.5) is 4.79 Å². The van der Waals surface area contributed by atoms with E-state index in [4.69, 9.17) is 18.9 Å². The summed E-state index contributed by atoms with van der Waals surface area (Å²) in [4.78, 5) is 42.4. The lowest BCUT2D eigenvalue weighted by Gasteiger charge is -2.33. The van der Waals surface area contributed by atoms with Crippen LogP contribution in [0, 0.1) is 19.8 Å². The number of ether oxygens (including phenoxy) is 4. The number of fused-ring (bicyclic) bond motifs is 1. The first-order valence-electron chi connectivity index (χ1n) is 15.8. The van der Waals surface area contributed by atoms with Crippen molar-refractivity contribution in [1.29, 1.82) is 0 Å². The highest BCUT2D eigenvalue weighted by atomic mass is 32.2. The van der Waals surface area contributed by atoms with Crippen LogP contribution < -0.4 is 15.4 Å². The molecule has 3 N–H and O–H groups in total. The summed E-state index contributed by atoms with van der Waals surface area (Å²) < 4.78 is 21.8. The molecule has 0 aliphatic carbocycles. The predicted octanol–water partition coefficient (Wildman–Crippen LogP) is 3.46. The Morgan fingerprint density at radius 2 is 1.87 bits per heavy atom. The van der Waals surface area contributed by atoms with Crippen LogP contribution in [0.5, 0.6) is 5.75 Å². The Kier molecular flexibility index (Phi) is 10.8. The molecule has 2 aromatic rings. The van der Waals surface area contributed by atoms with Crippen LogP contribution in [0.2, 0.25) is 0 Å². The average molecular weight is 656 g/mol. The van der Waals surface area contributed by atoms with Gasteiger partial charge < -0.3 is 39.6 Å². The number of nitrogens with one attached hydrogen (secondary N) is 2. The molecule has 2 aromatic carbocycles. The molecule has 0 bridgehead atoms. The molecule has 3 heterocycles. The molecule has 0 radical (unpaired) electrons. The number of thioether (sulfide) groups is 1. The first kappa shape index (κ1) is 34.0. The van der Waals surface area contributed by atoms with Crippen molar-refractivity contribution in [3.05, 3.63) is 64.7 Å². The van der Waals surface area contributed by atoms with Gasteiger partial charge in [0, 0.05) is 23.8 Å². The third-order valence-corrected chi connectivity index (χ3v) is 10.5. The van der Waals surface area contributed by atoms with Crippen molar-refractivity contribution in [2.75, 3.05) is 26.2 Å². The maximum atomic E-state index is 14.0. The summed E-state index contributed by atoms with van der Waals surface area (Å²) >= 11 is 1.46. The smallest absolute Gasteiger partial charge is 0.407 e. The number of benzene rings is 2. The molecule has 250 valence electrons. The number of nitrogens with zero attached hydrogens (tertiary/aromatic N) is 1. The summed E-state index contributed by atoms with van der Waals surface area (Å²) in [5.74, 6) is -0.217. The van der Waals surface area contributed by atoms with Crippen LogP contribution in [0.3, 0.4) is 0 Å². The van der Waals surface area contributed by atoms with Gasteiger partial charge in [-0.05, 0) is 81.3 Å². The minimum Gasteiger partial charge on any atom is -0.497 e. The second-order valence-electron chi connectivity index (χ2n) is 12.7. The number of carbonyl (C=O) groups excluding carboxylic acids is 3. The highest BCUT2D eigenvalue weighted by molar-refractivity contribution is 8.00. The molecule has 11 nitrogen and oxygen atoms in total. The van der Waals surface area contributed by atoms with E-state index < -0.39 is 47.3 Å². The normalized spacial score (nSPS) is 24.9. The quantitative estimate of drug-likeness (QED) is 0.352. The standard InChI is InChI=1S/C34H45N3O8S/c1-20-9-6-10-21(2)25(20)17-35-30(39)29-34(3,4)46-19-37(29)31(40)28(38)26(16-22-11-7-12-23(15-22)42-5)36-33(41)45-27-18-44-32-24(27)13-8-14-43-32/h6-7,9-12,15,24,26-29,32,38H,8,13-14,16-19H2,1-5H3,(H,35,39)(H,36,41)/t24-,26-,27-,28-,29+,32+/m0/s1. The molecular formula is C34H45N3O8S. The second-order valence-corrected chi connectivity index (χ2v) is 14.3. The van der Waals surface area contributed by atoms with Gasteiger partial charge in [-0.3, -0.25) is 9.59 Å². The van der Waals surface area contributed by atoms with Crippen molar-refractivity contribution < 1.29 is 38.4 Å². The van der Waals surface area contributed by atoms with E-state index in [1.807, 2.05) is 52.0 Å². The Morgan fingerprint density at radius 3 is 2.61 bits per heavy atom. The summed E-state index contributed by atoms with van der Waals surface area (Å²) in [6, 6.07) is 11.3. The monoisotopic (exact) mass is 655 g/mol. The van der Waals surface area contributed by atoms with E-state index in [9.17, 15) is 19.5 Å². The van der Waals surface area contributed by atoms with Crippen molar-refractivity contribution in [2.24, 2.45) is 5.92 Å². The minimum absolute atomic E-state index is 0.0746. The fraction of sp³-hybridized carbons (Fsp3) is 0.559. The van der Waals surface area contributed by atoms with E-state index in [-0.39, 0.29) is 30.7 Å². The lowest BCUT2D eigenvalue weighted by molar-refractivity contribution is -0.152. The van der Waals surface area contributed by atoms with Gasteiger partial charge in [-0.25, -0.2) is 4.79 Å². The number of rotatable bonds is 10. The molecule has 0 unspecified atom stereocenters.